The molecule has 2 amide bonds. The van der Waals surface area contributed by atoms with Crippen LogP contribution in [0, 0.1) is 0 Å². The molecular weight excluding hydrogens is 385 g/mol. The Labute approximate surface area is 155 Å². The fourth-order valence-corrected chi connectivity index (χ4v) is 4.40. The minimum Gasteiger partial charge on any atom is -0.343 e. The maximum absolute atomic E-state index is 12.6. The highest BCUT2D eigenvalue weighted by Gasteiger charge is 2.32. The van der Waals surface area contributed by atoms with Crippen LogP contribution in [-0.4, -0.2) is 56.3 Å². The van der Waals surface area contributed by atoms with Gasteiger partial charge in [0.15, 0.2) is 9.84 Å². The van der Waals surface area contributed by atoms with Crippen LogP contribution in [-0.2, 0) is 25.6 Å². The molecule has 1 aliphatic rings. The highest BCUT2D eigenvalue weighted by molar-refractivity contribution is 7.91. The van der Waals surface area contributed by atoms with Crippen molar-refractivity contribution in [3.8, 4) is 0 Å². The Morgan fingerprint density at radius 2 is 2.04 bits per heavy atom. The van der Waals surface area contributed by atoms with Gasteiger partial charge < -0.3 is 10.2 Å². The lowest BCUT2D eigenvalue weighted by Crippen LogP contribution is -2.43. The van der Waals surface area contributed by atoms with E-state index in [4.69, 9.17) is 0 Å². The van der Waals surface area contributed by atoms with E-state index in [1.165, 1.54) is 30.2 Å². The molecular formula is C17H19F3N2O4S. The maximum atomic E-state index is 12.6. The Kier molecular flexibility index (Phi) is 6.30. The van der Waals surface area contributed by atoms with Crippen molar-refractivity contribution in [2.45, 2.75) is 18.6 Å². The first kappa shape index (κ1) is 20.9. The summed E-state index contributed by atoms with van der Waals surface area (Å²) in [6.45, 7) is -0.335. The molecule has 6 nitrogen and oxygen atoms in total. The van der Waals surface area contributed by atoms with Crippen LogP contribution in [0.5, 0.6) is 0 Å². The molecule has 1 fully saturated rings. The molecule has 1 aromatic rings. The fourth-order valence-electron chi connectivity index (χ4n) is 2.62. The number of carbonyl (C=O) groups is 2. The molecule has 148 valence electrons. The number of rotatable bonds is 5. The van der Waals surface area contributed by atoms with Crippen molar-refractivity contribution in [2.75, 3.05) is 25.1 Å². The SMILES string of the molecule is CN(C(=O)CNC(=O)C=Cc1cccc(C(F)(F)F)c1)C1CCS(=O)(=O)C1. The Hall–Kier alpha value is -2.36. The van der Waals surface area contributed by atoms with Gasteiger partial charge in [-0.2, -0.15) is 13.2 Å². The van der Waals surface area contributed by atoms with Gasteiger partial charge in [-0.25, -0.2) is 8.42 Å². The molecule has 1 unspecified atom stereocenters. The summed E-state index contributed by atoms with van der Waals surface area (Å²) in [5.41, 5.74) is -0.632. The number of nitrogens with zero attached hydrogens (tertiary/aromatic N) is 1. The van der Waals surface area contributed by atoms with Gasteiger partial charge in [-0.1, -0.05) is 12.1 Å². The third kappa shape index (κ3) is 6.09. The van der Waals surface area contributed by atoms with Crippen LogP contribution < -0.4 is 5.32 Å². The van der Waals surface area contributed by atoms with E-state index in [2.05, 4.69) is 5.32 Å². The second kappa shape index (κ2) is 8.12. The van der Waals surface area contributed by atoms with E-state index in [0.717, 1.165) is 18.2 Å². The molecule has 0 radical (unpaired) electrons. The van der Waals surface area contributed by atoms with Crippen LogP contribution in [0.1, 0.15) is 17.5 Å². The van der Waals surface area contributed by atoms with Crippen molar-refractivity contribution in [2.24, 2.45) is 0 Å². The number of sulfone groups is 1. The summed E-state index contributed by atoms with van der Waals surface area (Å²) in [5, 5.41) is 2.33. The highest BCUT2D eigenvalue weighted by atomic mass is 32.2. The van der Waals surface area contributed by atoms with E-state index in [-0.39, 0.29) is 23.6 Å². The smallest absolute Gasteiger partial charge is 0.343 e. The molecule has 0 spiro atoms. The van der Waals surface area contributed by atoms with Crippen molar-refractivity contribution >= 4 is 27.7 Å². The minimum atomic E-state index is -4.48. The average molecular weight is 404 g/mol. The summed E-state index contributed by atoms with van der Waals surface area (Å²) in [7, 11) is -1.66. The molecule has 1 aliphatic heterocycles. The summed E-state index contributed by atoms with van der Waals surface area (Å²) in [5.74, 6) is -1.16. The van der Waals surface area contributed by atoms with Crippen molar-refractivity contribution in [1.29, 1.82) is 0 Å². The Balaban J connectivity index is 1.87. The third-order valence-corrected chi connectivity index (χ3v) is 5.95. The number of amides is 2. The zero-order chi connectivity index (χ0) is 20.2. The van der Waals surface area contributed by atoms with E-state index in [1.54, 1.807) is 0 Å². The average Bonchev–Trinajstić information content (AvgIpc) is 2.96. The number of benzene rings is 1. The third-order valence-electron chi connectivity index (χ3n) is 4.20. The van der Waals surface area contributed by atoms with E-state index < -0.39 is 39.4 Å². The summed E-state index contributed by atoms with van der Waals surface area (Å²) < 4.78 is 60.8. The van der Waals surface area contributed by atoms with Gasteiger partial charge in [0.25, 0.3) is 0 Å². The molecule has 1 N–H and O–H groups in total. The predicted molar refractivity (Wildman–Crippen MR) is 93.3 cm³/mol. The highest BCUT2D eigenvalue weighted by Crippen LogP contribution is 2.29. The van der Waals surface area contributed by atoms with Gasteiger partial charge in [0.05, 0.1) is 23.6 Å². The summed E-state index contributed by atoms with van der Waals surface area (Å²) in [6.07, 6.45) is -1.88. The molecule has 1 aromatic carbocycles. The van der Waals surface area contributed by atoms with Crippen molar-refractivity contribution < 1.29 is 31.2 Å². The fraction of sp³-hybridized carbons (Fsp3) is 0.412. The number of carbonyl (C=O) groups excluding carboxylic acids is 2. The number of halogens is 3. The van der Waals surface area contributed by atoms with Crippen LogP contribution in [0.4, 0.5) is 13.2 Å². The number of likely N-dealkylation sites (N-methyl/N-ethyl adjacent to an activating group) is 1. The van der Waals surface area contributed by atoms with Crippen LogP contribution in [0.2, 0.25) is 0 Å². The molecule has 10 heteroatoms. The van der Waals surface area contributed by atoms with Gasteiger partial charge in [0.2, 0.25) is 11.8 Å². The number of alkyl halides is 3. The topological polar surface area (TPSA) is 83.6 Å². The number of nitrogens with one attached hydrogen (secondary N) is 1. The van der Waals surface area contributed by atoms with Crippen LogP contribution >= 0.6 is 0 Å². The molecule has 1 heterocycles. The van der Waals surface area contributed by atoms with Crippen molar-refractivity contribution in [3.05, 3.63) is 41.5 Å². The normalized spacial score (nSPS) is 19.2. The molecule has 0 bridgehead atoms. The van der Waals surface area contributed by atoms with Crippen LogP contribution in [0.25, 0.3) is 6.08 Å². The van der Waals surface area contributed by atoms with E-state index in [1.807, 2.05) is 0 Å². The molecule has 0 aliphatic carbocycles. The predicted octanol–water partition coefficient (Wildman–Crippen LogP) is 1.48. The van der Waals surface area contributed by atoms with Gasteiger partial charge in [0.1, 0.15) is 0 Å². The molecule has 0 aromatic heterocycles. The Morgan fingerprint density at radius 1 is 1.33 bits per heavy atom. The van der Waals surface area contributed by atoms with E-state index in [0.29, 0.717) is 6.42 Å². The lowest BCUT2D eigenvalue weighted by Gasteiger charge is -2.23. The van der Waals surface area contributed by atoms with Gasteiger partial charge >= 0.3 is 6.18 Å². The van der Waals surface area contributed by atoms with E-state index in [9.17, 15) is 31.2 Å². The first-order chi connectivity index (χ1) is 12.5. The zero-order valence-electron chi connectivity index (χ0n) is 14.5. The van der Waals surface area contributed by atoms with Gasteiger partial charge in [-0.3, -0.25) is 9.59 Å². The molecule has 27 heavy (non-hydrogen) atoms. The monoisotopic (exact) mass is 404 g/mol. The number of hydrogen-bond acceptors (Lipinski definition) is 4. The lowest BCUT2D eigenvalue weighted by molar-refractivity contribution is -0.137. The molecule has 0 saturated carbocycles. The summed E-state index contributed by atoms with van der Waals surface area (Å²) in [4.78, 5) is 25.1. The number of hydrogen-bond donors (Lipinski definition) is 1. The molecule has 1 saturated heterocycles. The quantitative estimate of drug-likeness (QED) is 0.754. The standard InChI is InChI=1S/C17H19F3N2O4S/c1-22(14-7-8-27(25,26)11-14)16(24)10-21-15(23)6-5-12-3-2-4-13(9-12)17(18,19)20/h2-6,9,14H,7-8,10-11H2,1H3,(H,21,23). The Morgan fingerprint density at radius 3 is 2.63 bits per heavy atom. The van der Waals surface area contributed by atoms with Crippen molar-refractivity contribution in [3.63, 3.8) is 0 Å². The van der Waals surface area contributed by atoms with E-state index >= 15 is 0 Å². The largest absolute Gasteiger partial charge is 0.416 e. The Bertz CT molecular complexity index is 850. The molecule has 1 atom stereocenters. The van der Waals surface area contributed by atoms with Gasteiger partial charge in [0, 0.05) is 19.2 Å². The second-order valence-corrected chi connectivity index (χ2v) is 8.46. The van der Waals surface area contributed by atoms with Crippen LogP contribution in [0.15, 0.2) is 30.3 Å². The maximum Gasteiger partial charge on any atom is 0.416 e. The summed E-state index contributed by atoms with van der Waals surface area (Å²) >= 11 is 0. The van der Waals surface area contributed by atoms with Crippen LogP contribution in [0.3, 0.4) is 0 Å². The van der Waals surface area contributed by atoms with Gasteiger partial charge in [-0.15, -0.1) is 0 Å². The zero-order valence-corrected chi connectivity index (χ0v) is 15.3. The van der Waals surface area contributed by atoms with Crippen molar-refractivity contribution in [1.82, 2.24) is 10.2 Å². The first-order valence-corrected chi connectivity index (χ1v) is 9.89. The summed E-state index contributed by atoms with van der Waals surface area (Å²) in [6, 6.07) is 4.06. The first-order valence-electron chi connectivity index (χ1n) is 8.07. The lowest BCUT2D eigenvalue weighted by atomic mass is 10.1. The van der Waals surface area contributed by atoms with Gasteiger partial charge in [-0.05, 0) is 30.2 Å². The minimum absolute atomic E-state index is 0.0291. The molecule has 2 rings (SSSR count). The second-order valence-electron chi connectivity index (χ2n) is 6.24.